The minimum Gasteiger partial charge on any atom is -0.328 e. The Morgan fingerprint density at radius 2 is 2.03 bits per heavy atom. The molecule has 7 heteroatoms. The Morgan fingerprint density at radius 1 is 1.25 bits per heavy atom. The van der Waals surface area contributed by atoms with Gasteiger partial charge in [0.1, 0.15) is 5.56 Å². The van der Waals surface area contributed by atoms with E-state index in [1.54, 1.807) is 6.07 Å². The maximum Gasteiger partial charge on any atom is 0.263 e. The van der Waals surface area contributed by atoms with Gasteiger partial charge in [0.25, 0.3) is 11.5 Å². The fourth-order valence-electron chi connectivity index (χ4n) is 3.69. The average Bonchev–Trinajstić information content (AvgIpc) is 3.19. The highest BCUT2D eigenvalue weighted by atomic mass is 32.1. The SMILES string of the molecule is C/C=C(\C=C/CC1(N)CCC1)c1nc(NC(=O)c2ccc[nH]c2=O)sc1-c1ccccc1. The van der Waals surface area contributed by atoms with Crippen molar-refractivity contribution in [2.24, 2.45) is 5.73 Å². The lowest BCUT2D eigenvalue weighted by molar-refractivity contribution is 0.102. The minimum atomic E-state index is -0.487. The van der Waals surface area contributed by atoms with Crippen LogP contribution in [0.4, 0.5) is 5.13 Å². The van der Waals surface area contributed by atoms with Gasteiger partial charge in [-0.05, 0) is 55.9 Å². The Kier molecular flexibility index (Phi) is 6.48. The molecule has 0 spiro atoms. The maximum absolute atomic E-state index is 12.6. The number of anilines is 1. The standard InChI is InChI=1S/C25H26N4O2S/c1-2-17(11-6-13-25(26)14-8-15-25)20-21(18-9-4-3-5-10-18)32-24(28-20)29-23(31)19-12-7-16-27-22(19)30/h2-7,9-12,16H,8,13-15,26H2,1H3,(H,27,30)(H,28,29,31)/b11-6-,17-2+. The maximum atomic E-state index is 12.6. The van der Waals surface area contributed by atoms with Gasteiger partial charge >= 0.3 is 0 Å². The van der Waals surface area contributed by atoms with Gasteiger partial charge in [-0.15, -0.1) is 0 Å². The van der Waals surface area contributed by atoms with Crippen LogP contribution in [-0.2, 0) is 0 Å². The van der Waals surface area contributed by atoms with Crippen molar-refractivity contribution in [2.45, 2.75) is 38.1 Å². The van der Waals surface area contributed by atoms with Crippen LogP contribution in [0.1, 0.15) is 48.7 Å². The van der Waals surface area contributed by atoms with Crippen molar-refractivity contribution in [3.8, 4) is 10.4 Å². The third kappa shape index (κ3) is 4.79. The van der Waals surface area contributed by atoms with Crippen LogP contribution in [-0.4, -0.2) is 21.4 Å². The van der Waals surface area contributed by atoms with Crippen LogP contribution in [0.25, 0.3) is 16.0 Å². The number of hydrogen-bond donors (Lipinski definition) is 3. The fourth-order valence-corrected chi connectivity index (χ4v) is 4.67. The lowest BCUT2D eigenvalue weighted by Gasteiger charge is -2.37. The first-order valence-corrected chi connectivity index (χ1v) is 11.5. The summed E-state index contributed by atoms with van der Waals surface area (Å²) in [6.45, 7) is 1.97. The summed E-state index contributed by atoms with van der Waals surface area (Å²) in [5.41, 5.74) is 8.65. The lowest BCUT2D eigenvalue weighted by Crippen LogP contribution is -2.45. The number of carbonyl (C=O) groups excluding carboxylic acids is 1. The summed E-state index contributed by atoms with van der Waals surface area (Å²) >= 11 is 1.39. The van der Waals surface area contributed by atoms with Crippen LogP contribution in [0, 0.1) is 0 Å². The molecule has 1 aliphatic carbocycles. The predicted molar refractivity (Wildman–Crippen MR) is 131 cm³/mol. The van der Waals surface area contributed by atoms with Gasteiger partial charge in [0, 0.05) is 11.7 Å². The number of allylic oxidation sites excluding steroid dienone is 3. The highest BCUT2D eigenvalue weighted by Gasteiger charge is 2.30. The average molecular weight is 447 g/mol. The Balaban J connectivity index is 1.65. The van der Waals surface area contributed by atoms with E-state index in [1.807, 2.05) is 43.3 Å². The van der Waals surface area contributed by atoms with E-state index in [1.165, 1.54) is 30.0 Å². The zero-order valence-electron chi connectivity index (χ0n) is 17.9. The van der Waals surface area contributed by atoms with Gasteiger partial charge in [0.05, 0.1) is 10.6 Å². The van der Waals surface area contributed by atoms with Crippen LogP contribution in [0.3, 0.4) is 0 Å². The summed E-state index contributed by atoms with van der Waals surface area (Å²) in [7, 11) is 0. The van der Waals surface area contributed by atoms with Gasteiger partial charge in [-0.2, -0.15) is 0 Å². The molecule has 0 radical (unpaired) electrons. The highest BCUT2D eigenvalue weighted by Crippen LogP contribution is 2.38. The molecule has 1 aromatic carbocycles. The first kappa shape index (κ1) is 21.9. The molecule has 1 saturated carbocycles. The number of H-pyrrole nitrogens is 1. The Hall–Kier alpha value is -3.29. The summed E-state index contributed by atoms with van der Waals surface area (Å²) in [6, 6.07) is 13.1. The molecule has 6 nitrogen and oxygen atoms in total. The number of pyridine rings is 1. The summed E-state index contributed by atoms with van der Waals surface area (Å²) in [6.07, 6.45) is 11.8. The normalized spacial score (nSPS) is 15.5. The molecule has 0 aliphatic heterocycles. The van der Waals surface area contributed by atoms with Gasteiger partial charge in [-0.25, -0.2) is 4.98 Å². The van der Waals surface area contributed by atoms with E-state index < -0.39 is 11.5 Å². The van der Waals surface area contributed by atoms with Crippen molar-refractivity contribution in [2.75, 3.05) is 5.32 Å². The minimum absolute atomic E-state index is 0.0467. The molecule has 32 heavy (non-hydrogen) atoms. The highest BCUT2D eigenvalue weighted by molar-refractivity contribution is 7.19. The van der Waals surface area contributed by atoms with Gasteiger partial charge < -0.3 is 10.7 Å². The zero-order chi connectivity index (χ0) is 22.6. The predicted octanol–water partition coefficient (Wildman–Crippen LogP) is 4.98. The van der Waals surface area contributed by atoms with Crippen LogP contribution in [0.15, 0.2) is 71.7 Å². The van der Waals surface area contributed by atoms with Crippen LogP contribution in [0.2, 0.25) is 0 Å². The molecular weight excluding hydrogens is 420 g/mol. The van der Waals surface area contributed by atoms with Gasteiger partial charge in [-0.1, -0.05) is 59.9 Å². The smallest absolute Gasteiger partial charge is 0.263 e. The summed E-state index contributed by atoms with van der Waals surface area (Å²) < 4.78 is 0. The van der Waals surface area contributed by atoms with Crippen molar-refractivity contribution >= 4 is 27.9 Å². The molecule has 2 aromatic heterocycles. The first-order chi connectivity index (χ1) is 15.5. The van der Waals surface area contributed by atoms with Crippen molar-refractivity contribution in [1.29, 1.82) is 0 Å². The number of thiazole rings is 1. The first-order valence-electron chi connectivity index (χ1n) is 10.7. The van der Waals surface area contributed by atoms with Crippen LogP contribution >= 0.6 is 11.3 Å². The number of aromatic amines is 1. The van der Waals surface area contributed by atoms with Gasteiger partial charge in [0.2, 0.25) is 0 Å². The van der Waals surface area contributed by atoms with E-state index in [0.29, 0.717) is 5.13 Å². The molecule has 0 atom stereocenters. The quantitative estimate of drug-likeness (QED) is 0.446. The number of rotatable bonds is 7. The molecular formula is C25H26N4O2S. The van der Waals surface area contributed by atoms with E-state index in [-0.39, 0.29) is 11.1 Å². The zero-order valence-corrected chi connectivity index (χ0v) is 18.7. The number of aromatic nitrogens is 2. The number of nitrogens with two attached hydrogens (primary N) is 1. The van der Waals surface area contributed by atoms with Crippen LogP contribution in [0.5, 0.6) is 0 Å². The van der Waals surface area contributed by atoms with Crippen molar-refractivity contribution < 1.29 is 4.79 Å². The molecule has 2 heterocycles. The third-order valence-electron chi connectivity index (χ3n) is 5.70. The number of amides is 1. The Labute approximate surface area is 190 Å². The van der Waals surface area contributed by atoms with E-state index in [2.05, 4.69) is 22.5 Å². The van der Waals surface area contributed by atoms with Crippen LogP contribution < -0.4 is 16.6 Å². The third-order valence-corrected chi connectivity index (χ3v) is 6.72. The number of nitrogens with zero attached hydrogens (tertiary/aromatic N) is 1. The fraction of sp³-hybridized carbons (Fsp3) is 0.240. The van der Waals surface area contributed by atoms with Crippen molar-refractivity contribution in [3.63, 3.8) is 0 Å². The number of hydrogen-bond acceptors (Lipinski definition) is 5. The molecule has 164 valence electrons. The molecule has 4 N–H and O–H groups in total. The molecule has 1 amide bonds. The number of benzene rings is 1. The lowest BCUT2D eigenvalue weighted by atomic mass is 9.75. The second kappa shape index (κ2) is 9.46. The van der Waals surface area contributed by atoms with Crippen molar-refractivity contribution in [1.82, 2.24) is 9.97 Å². The monoisotopic (exact) mass is 446 g/mol. The molecule has 0 unspecified atom stereocenters. The summed E-state index contributed by atoms with van der Waals surface area (Å²) in [4.78, 5) is 32.8. The molecule has 4 rings (SSSR count). The molecule has 1 fully saturated rings. The van der Waals surface area contributed by atoms with E-state index in [4.69, 9.17) is 10.7 Å². The Morgan fingerprint density at radius 3 is 2.69 bits per heavy atom. The Bertz CT molecular complexity index is 1220. The van der Waals surface area contributed by atoms with Gasteiger partial charge in [0.15, 0.2) is 5.13 Å². The second-order valence-corrected chi connectivity index (χ2v) is 9.00. The molecule has 1 aliphatic rings. The second-order valence-electron chi connectivity index (χ2n) is 8.00. The largest absolute Gasteiger partial charge is 0.328 e. The summed E-state index contributed by atoms with van der Waals surface area (Å²) in [5, 5.41) is 3.22. The van der Waals surface area contributed by atoms with Crippen molar-refractivity contribution in [3.05, 3.63) is 88.5 Å². The topological polar surface area (TPSA) is 101 Å². The number of nitrogens with one attached hydrogen (secondary N) is 2. The number of carbonyl (C=O) groups is 1. The van der Waals surface area contributed by atoms with Gasteiger partial charge in [-0.3, -0.25) is 14.9 Å². The molecule has 3 aromatic rings. The summed E-state index contributed by atoms with van der Waals surface area (Å²) in [5.74, 6) is -0.487. The molecule has 0 bridgehead atoms. The molecule has 0 saturated heterocycles. The van der Waals surface area contributed by atoms with E-state index in [9.17, 15) is 9.59 Å². The van der Waals surface area contributed by atoms with E-state index in [0.717, 1.165) is 41.0 Å². The van der Waals surface area contributed by atoms with E-state index >= 15 is 0 Å².